The number of aliphatic hydroxyl groups excluding tert-OH is 1. The highest BCUT2D eigenvalue weighted by molar-refractivity contribution is 6.42. The van der Waals surface area contributed by atoms with E-state index >= 15 is 0 Å². The second-order valence-corrected chi connectivity index (χ2v) is 6.18. The summed E-state index contributed by atoms with van der Waals surface area (Å²) in [4.78, 5) is 0. The van der Waals surface area contributed by atoms with Crippen molar-refractivity contribution in [3.8, 4) is 0 Å². The molecule has 1 N–H and O–H groups in total. The summed E-state index contributed by atoms with van der Waals surface area (Å²) < 4.78 is 0. The maximum atomic E-state index is 10.3. The molecule has 0 aromatic heterocycles. The van der Waals surface area contributed by atoms with Gasteiger partial charge in [-0.3, -0.25) is 0 Å². The van der Waals surface area contributed by atoms with E-state index in [0.717, 1.165) is 17.9 Å². The van der Waals surface area contributed by atoms with E-state index in [2.05, 4.69) is 6.92 Å². The van der Waals surface area contributed by atoms with E-state index in [9.17, 15) is 5.11 Å². The molecule has 1 fully saturated rings. The monoisotopic (exact) mass is 286 g/mol. The Morgan fingerprint density at radius 3 is 2.67 bits per heavy atom. The summed E-state index contributed by atoms with van der Waals surface area (Å²) in [5.41, 5.74) is 1.07. The van der Waals surface area contributed by atoms with Crippen LogP contribution < -0.4 is 0 Å². The van der Waals surface area contributed by atoms with Crippen molar-refractivity contribution in [3.63, 3.8) is 0 Å². The van der Waals surface area contributed by atoms with Crippen molar-refractivity contribution < 1.29 is 5.11 Å². The number of hydrogen-bond donors (Lipinski definition) is 1. The maximum Gasteiger partial charge on any atom is 0.0608 e. The van der Waals surface area contributed by atoms with Crippen LogP contribution in [0.25, 0.3) is 0 Å². The van der Waals surface area contributed by atoms with Crippen LogP contribution in [-0.4, -0.2) is 11.2 Å². The summed E-state index contributed by atoms with van der Waals surface area (Å²) in [6, 6.07) is 5.61. The van der Waals surface area contributed by atoms with Crippen LogP contribution in [0.5, 0.6) is 0 Å². The maximum absolute atomic E-state index is 10.3. The van der Waals surface area contributed by atoms with Crippen molar-refractivity contribution in [2.75, 3.05) is 0 Å². The van der Waals surface area contributed by atoms with E-state index < -0.39 is 0 Å². The second-order valence-electron chi connectivity index (χ2n) is 5.37. The molecule has 1 aromatic rings. The Balaban J connectivity index is 1.94. The van der Waals surface area contributed by atoms with Gasteiger partial charge in [0.1, 0.15) is 0 Å². The van der Waals surface area contributed by atoms with Crippen LogP contribution in [0, 0.1) is 11.8 Å². The standard InChI is InChI=1S/C15H20Cl2O/c1-2-10-3-5-12(7-10)15(18)9-11-4-6-13(16)14(17)8-11/h4,6,8,10,12,15,18H,2-3,5,7,9H2,1H3. The van der Waals surface area contributed by atoms with Gasteiger partial charge in [0.15, 0.2) is 0 Å². The zero-order valence-electron chi connectivity index (χ0n) is 10.7. The molecule has 2 rings (SSSR count). The highest BCUT2D eigenvalue weighted by Crippen LogP contribution is 2.36. The number of halogens is 2. The van der Waals surface area contributed by atoms with Crippen molar-refractivity contribution in [3.05, 3.63) is 33.8 Å². The molecular formula is C15H20Cl2O. The average Bonchev–Trinajstić information content (AvgIpc) is 2.82. The minimum Gasteiger partial charge on any atom is -0.392 e. The van der Waals surface area contributed by atoms with Gasteiger partial charge in [0.25, 0.3) is 0 Å². The molecule has 3 heteroatoms. The molecule has 100 valence electrons. The van der Waals surface area contributed by atoms with Crippen molar-refractivity contribution in [1.82, 2.24) is 0 Å². The molecule has 1 nitrogen and oxygen atoms in total. The van der Waals surface area contributed by atoms with Crippen molar-refractivity contribution in [2.45, 2.75) is 45.1 Å². The van der Waals surface area contributed by atoms with Gasteiger partial charge in [0, 0.05) is 0 Å². The predicted molar refractivity (Wildman–Crippen MR) is 77.3 cm³/mol. The molecule has 3 unspecified atom stereocenters. The summed E-state index contributed by atoms with van der Waals surface area (Å²) in [7, 11) is 0. The van der Waals surface area contributed by atoms with E-state index in [1.807, 2.05) is 12.1 Å². The Morgan fingerprint density at radius 1 is 1.28 bits per heavy atom. The van der Waals surface area contributed by atoms with Gasteiger partial charge in [-0.15, -0.1) is 0 Å². The Bertz CT molecular complexity index is 405. The smallest absolute Gasteiger partial charge is 0.0608 e. The van der Waals surface area contributed by atoms with Crippen LogP contribution in [0.2, 0.25) is 10.0 Å². The summed E-state index contributed by atoms with van der Waals surface area (Å²) >= 11 is 11.9. The van der Waals surface area contributed by atoms with Crippen LogP contribution in [0.15, 0.2) is 18.2 Å². The highest BCUT2D eigenvalue weighted by Gasteiger charge is 2.28. The summed E-state index contributed by atoms with van der Waals surface area (Å²) in [5, 5.41) is 11.4. The van der Waals surface area contributed by atoms with E-state index in [4.69, 9.17) is 23.2 Å². The zero-order valence-corrected chi connectivity index (χ0v) is 12.2. The normalized spacial score (nSPS) is 25.3. The van der Waals surface area contributed by atoms with E-state index in [0.29, 0.717) is 22.4 Å². The van der Waals surface area contributed by atoms with Gasteiger partial charge in [-0.2, -0.15) is 0 Å². The minimum atomic E-state index is -0.251. The SMILES string of the molecule is CCC1CCC(C(O)Cc2ccc(Cl)c(Cl)c2)C1. The first-order chi connectivity index (χ1) is 8.60. The topological polar surface area (TPSA) is 20.2 Å². The van der Waals surface area contributed by atoms with Gasteiger partial charge < -0.3 is 5.11 Å². The Hall–Kier alpha value is -0.240. The van der Waals surface area contributed by atoms with Gasteiger partial charge >= 0.3 is 0 Å². The number of hydrogen-bond acceptors (Lipinski definition) is 1. The fraction of sp³-hybridized carbons (Fsp3) is 0.600. The molecular weight excluding hydrogens is 267 g/mol. The number of benzene rings is 1. The molecule has 18 heavy (non-hydrogen) atoms. The Kier molecular flexibility index (Phi) is 4.94. The molecule has 0 amide bonds. The van der Waals surface area contributed by atoms with Gasteiger partial charge in [-0.25, -0.2) is 0 Å². The van der Waals surface area contributed by atoms with Crippen LogP contribution in [0.3, 0.4) is 0 Å². The van der Waals surface area contributed by atoms with Crippen molar-refractivity contribution in [2.24, 2.45) is 11.8 Å². The van der Waals surface area contributed by atoms with Crippen molar-refractivity contribution in [1.29, 1.82) is 0 Å². The fourth-order valence-electron chi connectivity index (χ4n) is 2.91. The second kappa shape index (κ2) is 6.27. The van der Waals surface area contributed by atoms with Crippen LogP contribution in [-0.2, 0) is 6.42 Å². The quantitative estimate of drug-likeness (QED) is 0.849. The molecule has 0 radical (unpaired) electrons. The third kappa shape index (κ3) is 3.40. The molecule has 0 bridgehead atoms. The molecule has 1 aliphatic rings. The first kappa shape index (κ1) is 14.2. The number of aliphatic hydroxyl groups is 1. The third-order valence-corrected chi connectivity index (χ3v) is 4.87. The Morgan fingerprint density at radius 2 is 2.06 bits per heavy atom. The molecule has 3 atom stereocenters. The first-order valence-electron chi connectivity index (χ1n) is 6.72. The molecule has 0 spiro atoms. The fourth-order valence-corrected chi connectivity index (χ4v) is 3.23. The van der Waals surface area contributed by atoms with Crippen LogP contribution in [0.4, 0.5) is 0 Å². The lowest BCUT2D eigenvalue weighted by Gasteiger charge is -2.18. The lowest BCUT2D eigenvalue weighted by atomic mass is 9.93. The Labute approximate surface area is 119 Å². The first-order valence-corrected chi connectivity index (χ1v) is 7.47. The van der Waals surface area contributed by atoms with Crippen LogP contribution in [0.1, 0.15) is 38.2 Å². The molecule has 1 aliphatic carbocycles. The molecule has 0 saturated heterocycles. The molecule has 0 aliphatic heterocycles. The molecule has 1 saturated carbocycles. The van der Waals surface area contributed by atoms with Gasteiger partial charge in [-0.05, 0) is 48.8 Å². The molecule has 1 aromatic carbocycles. The highest BCUT2D eigenvalue weighted by atomic mass is 35.5. The van der Waals surface area contributed by atoms with E-state index in [1.54, 1.807) is 6.07 Å². The van der Waals surface area contributed by atoms with Gasteiger partial charge in [0.05, 0.1) is 16.1 Å². The minimum absolute atomic E-state index is 0.251. The largest absolute Gasteiger partial charge is 0.392 e. The number of rotatable bonds is 4. The van der Waals surface area contributed by atoms with Gasteiger partial charge in [-0.1, -0.05) is 49.0 Å². The lowest BCUT2D eigenvalue weighted by Crippen LogP contribution is -2.20. The molecule has 0 heterocycles. The third-order valence-electron chi connectivity index (χ3n) is 4.13. The zero-order chi connectivity index (χ0) is 13.1. The lowest BCUT2D eigenvalue weighted by molar-refractivity contribution is 0.108. The summed E-state index contributed by atoms with van der Waals surface area (Å²) in [6.07, 6.45) is 5.24. The van der Waals surface area contributed by atoms with Crippen LogP contribution >= 0.6 is 23.2 Å². The van der Waals surface area contributed by atoms with Crippen molar-refractivity contribution >= 4 is 23.2 Å². The average molecular weight is 287 g/mol. The van der Waals surface area contributed by atoms with E-state index in [1.165, 1.54) is 19.3 Å². The summed E-state index contributed by atoms with van der Waals surface area (Å²) in [5.74, 6) is 1.25. The predicted octanol–water partition coefficient (Wildman–Crippen LogP) is 4.72. The van der Waals surface area contributed by atoms with E-state index in [-0.39, 0.29) is 6.10 Å². The summed E-state index contributed by atoms with van der Waals surface area (Å²) in [6.45, 7) is 2.23. The van der Waals surface area contributed by atoms with Gasteiger partial charge in [0.2, 0.25) is 0 Å².